The number of hydrazone groups is 1. The maximum Gasteiger partial charge on any atom is 0.329 e. The van der Waals surface area contributed by atoms with Crippen molar-refractivity contribution in [1.29, 1.82) is 0 Å². The second-order valence-electron chi connectivity index (χ2n) is 3.65. The van der Waals surface area contributed by atoms with Gasteiger partial charge in [-0.3, -0.25) is 9.59 Å². The molecular formula is C13H10BrN3O3. The van der Waals surface area contributed by atoms with Gasteiger partial charge < -0.3 is 9.73 Å². The predicted molar refractivity (Wildman–Crippen MR) is 77.2 cm³/mol. The van der Waals surface area contributed by atoms with Gasteiger partial charge in [0.05, 0.1) is 18.2 Å². The van der Waals surface area contributed by atoms with Crippen molar-refractivity contribution < 1.29 is 14.0 Å². The van der Waals surface area contributed by atoms with Crippen LogP contribution in [0, 0.1) is 0 Å². The highest BCUT2D eigenvalue weighted by Gasteiger charge is 2.13. The molecule has 0 aliphatic carbocycles. The minimum Gasteiger partial charge on any atom is -0.463 e. The third kappa shape index (κ3) is 3.79. The first-order valence-corrected chi connectivity index (χ1v) is 6.38. The van der Waals surface area contributed by atoms with Gasteiger partial charge in [0.15, 0.2) is 0 Å². The van der Waals surface area contributed by atoms with Crippen molar-refractivity contribution in [2.75, 3.05) is 5.32 Å². The molecule has 0 spiro atoms. The number of carbonyl (C=O) groups is 2. The Hall–Kier alpha value is -2.41. The summed E-state index contributed by atoms with van der Waals surface area (Å²) in [6, 6.07) is 10.3. The average molecular weight is 336 g/mol. The van der Waals surface area contributed by atoms with Gasteiger partial charge in [-0.15, -0.1) is 0 Å². The van der Waals surface area contributed by atoms with Gasteiger partial charge in [0.1, 0.15) is 5.76 Å². The monoisotopic (exact) mass is 335 g/mol. The molecule has 1 heterocycles. The summed E-state index contributed by atoms with van der Waals surface area (Å²) in [7, 11) is 0. The van der Waals surface area contributed by atoms with Crippen molar-refractivity contribution in [2.45, 2.75) is 0 Å². The standard InChI is InChI=1S/C13H10BrN3O3/c14-10-5-1-2-6-11(10)16-12(18)13(19)17-15-8-9-4-3-7-20-9/h1-8H,(H,16,18)(H,17,19). The van der Waals surface area contributed by atoms with E-state index < -0.39 is 11.8 Å². The number of hydrogen-bond acceptors (Lipinski definition) is 4. The Kier molecular flexibility index (Phi) is 4.67. The summed E-state index contributed by atoms with van der Waals surface area (Å²) in [5.74, 6) is -1.21. The van der Waals surface area contributed by atoms with Crippen LogP contribution in [0.4, 0.5) is 5.69 Å². The van der Waals surface area contributed by atoms with Crippen LogP contribution in [0.3, 0.4) is 0 Å². The third-order valence-electron chi connectivity index (χ3n) is 2.23. The lowest BCUT2D eigenvalue weighted by molar-refractivity contribution is -0.136. The van der Waals surface area contributed by atoms with Gasteiger partial charge in [0.25, 0.3) is 0 Å². The Labute approximate surface area is 123 Å². The Morgan fingerprint density at radius 3 is 2.65 bits per heavy atom. The van der Waals surface area contributed by atoms with Crippen LogP contribution in [-0.4, -0.2) is 18.0 Å². The summed E-state index contributed by atoms with van der Waals surface area (Å²) < 4.78 is 5.66. The highest BCUT2D eigenvalue weighted by molar-refractivity contribution is 9.10. The molecule has 1 aromatic carbocycles. The Morgan fingerprint density at radius 1 is 1.15 bits per heavy atom. The van der Waals surface area contributed by atoms with E-state index in [2.05, 4.69) is 31.8 Å². The molecule has 0 fully saturated rings. The zero-order chi connectivity index (χ0) is 14.4. The molecule has 6 nitrogen and oxygen atoms in total. The van der Waals surface area contributed by atoms with E-state index in [1.165, 1.54) is 12.5 Å². The summed E-state index contributed by atoms with van der Waals surface area (Å²) in [5, 5.41) is 6.07. The van der Waals surface area contributed by atoms with Crippen LogP contribution in [0.25, 0.3) is 0 Å². The van der Waals surface area contributed by atoms with Crippen molar-refractivity contribution in [3.05, 3.63) is 52.9 Å². The van der Waals surface area contributed by atoms with Gasteiger partial charge >= 0.3 is 11.8 Å². The second-order valence-corrected chi connectivity index (χ2v) is 4.50. The lowest BCUT2D eigenvalue weighted by Crippen LogP contribution is -2.32. The van der Waals surface area contributed by atoms with Crippen LogP contribution in [0.2, 0.25) is 0 Å². The maximum atomic E-state index is 11.6. The molecule has 20 heavy (non-hydrogen) atoms. The number of rotatable bonds is 3. The van der Waals surface area contributed by atoms with Crippen LogP contribution in [0.15, 0.2) is 56.7 Å². The molecule has 2 amide bonds. The first kappa shape index (κ1) is 14.0. The smallest absolute Gasteiger partial charge is 0.329 e. The molecule has 0 unspecified atom stereocenters. The van der Waals surface area contributed by atoms with Crippen LogP contribution in [-0.2, 0) is 9.59 Å². The molecular weight excluding hydrogens is 326 g/mol. The fraction of sp³-hybridized carbons (Fsp3) is 0. The van der Waals surface area contributed by atoms with Crippen molar-refractivity contribution in [3.63, 3.8) is 0 Å². The number of para-hydroxylation sites is 1. The van der Waals surface area contributed by atoms with Gasteiger partial charge in [-0.05, 0) is 40.2 Å². The predicted octanol–water partition coefficient (Wildman–Crippen LogP) is 2.13. The van der Waals surface area contributed by atoms with Crippen LogP contribution >= 0.6 is 15.9 Å². The first-order chi connectivity index (χ1) is 9.66. The number of furan rings is 1. The number of hydrogen-bond donors (Lipinski definition) is 2. The van der Waals surface area contributed by atoms with Crippen molar-refractivity contribution in [3.8, 4) is 0 Å². The number of benzene rings is 1. The Balaban J connectivity index is 1.89. The van der Waals surface area contributed by atoms with Gasteiger partial charge in [0, 0.05) is 4.47 Å². The fourth-order valence-electron chi connectivity index (χ4n) is 1.31. The van der Waals surface area contributed by atoms with Crippen molar-refractivity contribution >= 4 is 39.6 Å². The Bertz CT molecular complexity index is 638. The normalized spacial score (nSPS) is 10.4. The summed E-state index contributed by atoms with van der Waals surface area (Å²) >= 11 is 3.26. The molecule has 2 aromatic rings. The Morgan fingerprint density at radius 2 is 1.95 bits per heavy atom. The third-order valence-corrected chi connectivity index (χ3v) is 2.92. The highest BCUT2D eigenvalue weighted by Crippen LogP contribution is 2.20. The van der Waals surface area contributed by atoms with Gasteiger partial charge in [0.2, 0.25) is 0 Å². The molecule has 0 saturated carbocycles. The number of carbonyl (C=O) groups excluding carboxylic acids is 2. The van der Waals surface area contributed by atoms with E-state index in [0.717, 1.165) is 0 Å². The highest BCUT2D eigenvalue weighted by atomic mass is 79.9. The van der Waals surface area contributed by atoms with E-state index in [4.69, 9.17) is 4.42 Å². The van der Waals surface area contributed by atoms with E-state index in [1.807, 2.05) is 0 Å². The zero-order valence-electron chi connectivity index (χ0n) is 10.2. The van der Waals surface area contributed by atoms with Gasteiger partial charge in [-0.25, -0.2) is 5.43 Å². The number of nitrogens with one attached hydrogen (secondary N) is 2. The van der Waals surface area contributed by atoms with E-state index in [9.17, 15) is 9.59 Å². The first-order valence-electron chi connectivity index (χ1n) is 5.59. The molecule has 7 heteroatoms. The summed E-state index contributed by atoms with van der Waals surface area (Å²) in [6.45, 7) is 0. The van der Waals surface area contributed by atoms with E-state index in [1.54, 1.807) is 36.4 Å². The second kappa shape index (κ2) is 6.67. The minimum absolute atomic E-state index is 0.469. The summed E-state index contributed by atoms with van der Waals surface area (Å²) in [4.78, 5) is 23.1. The molecule has 0 aliphatic rings. The van der Waals surface area contributed by atoms with Crippen LogP contribution in [0.1, 0.15) is 5.76 Å². The van der Waals surface area contributed by atoms with Gasteiger partial charge in [-0.2, -0.15) is 5.10 Å². The molecule has 0 bridgehead atoms. The van der Waals surface area contributed by atoms with Crippen molar-refractivity contribution in [1.82, 2.24) is 5.43 Å². The van der Waals surface area contributed by atoms with E-state index >= 15 is 0 Å². The lowest BCUT2D eigenvalue weighted by atomic mass is 10.3. The summed E-state index contributed by atoms with van der Waals surface area (Å²) in [5.41, 5.74) is 2.61. The molecule has 0 radical (unpaired) electrons. The number of anilines is 1. The topological polar surface area (TPSA) is 83.7 Å². The van der Waals surface area contributed by atoms with Gasteiger partial charge in [-0.1, -0.05) is 12.1 Å². The lowest BCUT2D eigenvalue weighted by Gasteiger charge is -2.05. The zero-order valence-corrected chi connectivity index (χ0v) is 11.8. The maximum absolute atomic E-state index is 11.6. The molecule has 0 saturated heterocycles. The van der Waals surface area contributed by atoms with Crippen LogP contribution < -0.4 is 10.7 Å². The largest absolute Gasteiger partial charge is 0.463 e. The van der Waals surface area contributed by atoms with E-state index in [0.29, 0.717) is 15.9 Å². The van der Waals surface area contributed by atoms with E-state index in [-0.39, 0.29) is 0 Å². The quantitative estimate of drug-likeness (QED) is 0.512. The number of halogens is 1. The number of amides is 2. The minimum atomic E-state index is -0.872. The molecule has 0 aliphatic heterocycles. The summed E-state index contributed by atoms with van der Waals surface area (Å²) in [6.07, 6.45) is 2.77. The SMILES string of the molecule is O=C(NN=Cc1ccco1)C(=O)Nc1ccccc1Br. The molecule has 2 rings (SSSR count). The molecule has 0 atom stereocenters. The number of nitrogens with zero attached hydrogens (tertiary/aromatic N) is 1. The fourth-order valence-corrected chi connectivity index (χ4v) is 1.70. The molecule has 2 N–H and O–H groups in total. The van der Waals surface area contributed by atoms with Crippen LogP contribution in [0.5, 0.6) is 0 Å². The molecule has 1 aromatic heterocycles. The molecule has 102 valence electrons. The average Bonchev–Trinajstić information content (AvgIpc) is 2.94. The van der Waals surface area contributed by atoms with Crippen molar-refractivity contribution in [2.24, 2.45) is 5.10 Å².